The molecule has 2 amide bonds. The predicted molar refractivity (Wildman–Crippen MR) is 55.1 cm³/mol. The standard InChI is InChI=1S/C10H11N3O/c1-8(2)12-13-10(14)11-9-6-4-3-5-7-9/h3-7H,1H2,2H3,(H,11,14). The van der Waals surface area contributed by atoms with Crippen molar-refractivity contribution >= 4 is 11.7 Å². The topological polar surface area (TPSA) is 53.8 Å². The first kappa shape index (κ1) is 10.1. The third-order valence-electron chi connectivity index (χ3n) is 1.34. The highest BCUT2D eigenvalue weighted by molar-refractivity contribution is 5.89. The summed E-state index contributed by atoms with van der Waals surface area (Å²) in [5.41, 5.74) is 1.19. The van der Waals surface area contributed by atoms with Crippen LogP contribution in [-0.2, 0) is 0 Å². The van der Waals surface area contributed by atoms with E-state index in [1.807, 2.05) is 18.2 Å². The number of carbonyl (C=O) groups is 1. The Hall–Kier alpha value is -1.97. The molecule has 14 heavy (non-hydrogen) atoms. The van der Waals surface area contributed by atoms with Crippen molar-refractivity contribution in [1.29, 1.82) is 0 Å². The number of hydrogen-bond acceptors (Lipinski definition) is 2. The maximum absolute atomic E-state index is 11.1. The van der Waals surface area contributed by atoms with Gasteiger partial charge in [0.2, 0.25) is 0 Å². The van der Waals surface area contributed by atoms with Gasteiger partial charge in [-0.2, -0.15) is 5.11 Å². The first-order chi connectivity index (χ1) is 6.68. The van der Waals surface area contributed by atoms with Crippen LogP contribution in [0.1, 0.15) is 6.92 Å². The molecule has 0 aliphatic carbocycles. The third kappa shape index (κ3) is 3.62. The van der Waals surface area contributed by atoms with Crippen LogP contribution in [0.4, 0.5) is 10.5 Å². The SMILES string of the molecule is C=C(C)N=NC(=O)Nc1ccccc1. The summed E-state index contributed by atoms with van der Waals surface area (Å²) in [5.74, 6) is 0. The van der Waals surface area contributed by atoms with Crippen molar-refractivity contribution in [2.45, 2.75) is 6.92 Å². The van der Waals surface area contributed by atoms with Gasteiger partial charge in [0.25, 0.3) is 0 Å². The minimum atomic E-state index is -0.501. The summed E-state index contributed by atoms with van der Waals surface area (Å²) < 4.78 is 0. The lowest BCUT2D eigenvalue weighted by Gasteiger charge is -1.98. The van der Waals surface area contributed by atoms with Gasteiger partial charge in [0.05, 0.1) is 5.70 Å². The Bertz CT molecular complexity index is 357. The zero-order valence-corrected chi connectivity index (χ0v) is 7.90. The van der Waals surface area contributed by atoms with E-state index in [0.29, 0.717) is 11.4 Å². The summed E-state index contributed by atoms with van der Waals surface area (Å²) in [6, 6.07) is 8.56. The number of carbonyl (C=O) groups excluding carboxylic acids is 1. The van der Waals surface area contributed by atoms with E-state index in [-0.39, 0.29) is 0 Å². The van der Waals surface area contributed by atoms with Crippen LogP contribution in [0.3, 0.4) is 0 Å². The van der Waals surface area contributed by atoms with E-state index < -0.39 is 6.03 Å². The molecule has 0 saturated carbocycles. The fourth-order valence-electron chi connectivity index (χ4n) is 0.801. The number of para-hydroxylation sites is 1. The van der Waals surface area contributed by atoms with Crippen molar-refractivity contribution in [3.63, 3.8) is 0 Å². The summed E-state index contributed by atoms with van der Waals surface area (Å²) in [4.78, 5) is 11.1. The molecular formula is C10H11N3O. The average Bonchev–Trinajstić information content (AvgIpc) is 2.16. The molecule has 1 rings (SSSR count). The van der Waals surface area contributed by atoms with Crippen LogP contribution < -0.4 is 5.32 Å². The van der Waals surface area contributed by atoms with E-state index in [2.05, 4.69) is 22.1 Å². The van der Waals surface area contributed by atoms with Gasteiger partial charge in [-0.25, -0.2) is 4.79 Å². The number of rotatable bonds is 2. The highest BCUT2D eigenvalue weighted by Crippen LogP contribution is 2.05. The molecule has 72 valence electrons. The number of benzene rings is 1. The van der Waals surface area contributed by atoms with Crippen molar-refractivity contribution in [1.82, 2.24) is 0 Å². The number of hydrogen-bond donors (Lipinski definition) is 1. The van der Waals surface area contributed by atoms with Crippen LogP contribution in [-0.4, -0.2) is 6.03 Å². The summed E-state index contributed by atoms with van der Waals surface area (Å²) in [6.45, 7) is 5.16. The van der Waals surface area contributed by atoms with Gasteiger partial charge in [-0.15, -0.1) is 0 Å². The molecule has 4 nitrogen and oxygen atoms in total. The van der Waals surface area contributed by atoms with Crippen molar-refractivity contribution in [2.75, 3.05) is 5.32 Å². The van der Waals surface area contributed by atoms with Crippen LogP contribution in [0.25, 0.3) is 0 Å². The highest BCUT2D eigenvalue weighted by Gasteiger charge is 1.97. The lowest BCUT2D eigenvalue weighted by atomic mass is 10.3. The number of nitrogens with one attached hydrogen (secondary N) is 1. The molecule has 0 unspecified atom stereocenters. The number of allylic oxidation sites excluding steroid dienone is 1. The van der Waals surface area contributed by atoms with Crippen molar-refractivity contribution in [3.8, 4) is 0 Å². The van der Waals surface area contributed by atoms with E-state index in [1.54, 1.807) is 19.1 Å². The van der Waals surface area contributed by atoms with E-state index >= 15 is 0 Å². The minimum absolute atomic E-state index is 0.494. The first-order valence-electron chi connectivity index (χ1n) is 4.12. The Morgan fingerprint density at radius 1 is 1.29 bits per heavy atom. The summed E-state index contributed by atoms with van der Waals surface area (Å²) in [7, 11) is 0. The largest absolute Gasteiger partial charge is 0.364 e. The fourth-order valence-corrected chi connectivity index (χ4v) is 0.801. The molecule has 0 aromatic heterocycles. The number of urea groups is 1. The normalized spacial score (nSPS) is 10.1. The first-order valence-corrected chi connectivity index (χ1v) is 4.12. The Labute approximate surface area is 82.4 Å². The van der Waals surface area contributed by atoms with Gasteiger partial charge in [0.15, 0.2) is 0 Å². The van der Waals surface area contributed by atoms with Crippen LogP contribution in [0, 0.1) is 0 Å². The van der Waals surface area contributed by atoms with Crippen LogP contribution >= 0.6 is 0 Å². The minimum Gasteiger partial charge on any atom is -0.305 e. The highest BCUT2D eigenvalue weighted by atomic mass is 16.2. The molecule has 0 bridgehead atoms. The molecule has 1 aromatic carbocycles. The summed E-state index contributed by atoms with van der Waals surface area (Å²) in [5, 5.41) is 9.49. The van der Waals surface area contributed by atoms with Crippen molar-refractivity contribution in [3.05, 3.63) is 42.6 Å². The smallest absolute Gasteiger partial charge is 0.305 e. The number of anilines is 1. The molecule has 1 aromatic rings. The molecule has 0 heterocycles. The van der Waals surface area contributed by atoms with Gasteiger partial charge in [-0.3, -0.25) is 0 Å². The molecule has 0 atom stereocenters. The quantitative estimate of drug-likeness (QED) is 0.713. The molecule has 0 fully saturated rings. The molecule has 0 radical (unpaired) electrons. The molecule has 0 aliphatic heterocycles. The van der Waals surface area contributed by atoms with Gasteiger partial charge in [0.1, 0.15) is 0 Å². The Morgan fingerprint density at radius 3 is 2.50 bits per heavy atom. The Morgan fingerprint density at radius 2 is 1.93 bits per heavy atom. The maximum Gasteiger partial charge on any atom is 0.364 e. The number of nitrogens with zero attached hydrogens (tertiary/aromatic N) is 2. The Kier molecular flexibility index (Phi) is 3.55. The molecule has 4 heteroatoms. The number of azo groups is 1. The second-order valence-corrected chi connectivity index (χ2v) is 2.73. The zero-order valence-electron chi connectivity index (χ0n) is 7.90. The van der Waals surface area contributed by atoms with Gasteiger partial charge < -0.3 is 5.32 Å². The molecular weight excluding hydrogens is 178 g/mol. The van der Waals surface area contributed by atoms with Gasteiger partial charge in [-0.1, -0.05) is 29.9 Å². The van der Waals surface area contributed by atoms with E-state index in [0.717, 1.165) is 0 Å². The van der Waals surface area contributed by atoms with Crippen molar-refractivity contribution in [2.24, 2.45) is 10.2 Å². The second-order valence-electron chi connectivity index (χ2n) is 2.73. The fraction of sp³-hybridized carbons (Fsp3) is 0.100. The molecule has 0 aliphatic rings. The van der Waals surface area contributed by atoms with Gasteiger partial charge in [0, 0.05) is 5.69 Å². The summed E-state index contributed by atoms with van der Waals surface area (Å²) >= 11 is 0. The van der Waals surface area contributed by atoms with E-state index in [4.69, 9.17) is 0 Å². The molecule has 0 saturated heterocycles. The maximum atomic E-state index is 11.1. The van der Waals surface area contributed by atoms with Crippen LogP contribution in [0.2, 0.25) is 0 Å². The summed E-state index contributed by atoms with van der Waals surface area (Å²) in [6.07, 6.45) is 0. The predicted octanol–water partition coefficient (Wildman–Crippen LogP) is 3.20. The van der Waals surface area contributed by atoms with E-state index in [9.17, 15) is 4.79 Å². The lowest BCUT2D eigenvalue weighted by Crippen LogP contribution is -2.04. The van der Waals surface area contributed by atoms with Crippen LogP contribution in [0.15, 0.2) is 52.8 Å². The lowest BCUT2D eigenvalue weighted by molar-refractivity contribution is 0.258. The molecule has 1 N–H and O–H groups in total. The van der Waals surface area contributed by atoms with E-state index in [1.165, 1.54) is 0 Å². The Balaban J connectivity index is 2.54. The van der Waals surface area contributed by atoms with Crippen molar-refractivity contribution < 1.29 is 4.79 Å². The van der Waals surface area contributed by atoms with Crippen LogP contribution in [0.5, 0.6) is 0 Å². The third-order valence-corrected chi connectivity index (χ3v) is 1.34. The van der Waals surface area contributed by atoms with Gasteiger partial charge in [-0.05, 0) is 19.1 Å². The second kappa shape index (κ2) is 4.91. The average molecular weight is 189 g/mol. The zero-order chi connectivity index (χ0) is 10.4. The number of amides is 2. The van der Waals surface area contributed by atoms with Gasteiger partial charge >= 0.3 is 6.03 Å². The molecule has 0 spiro atoms. The monoisotopic (exact) mass is 189 g/mol.